The maximum atomic E-state index is 10.5. The van der Waals surface area contributed by atoms with E-state index in [1.807, 2.05) is 30.5 Å². The molecule has 0 saturated carbocycles. The van der Waals surface area contributed by atoms with Crippen molar-refractivity contribution < 1.29 is 5.11 Å². The number of nitrogens with zero attached hydrogens (tertiary/aromatic N) is 1. The van der Waals surface area contributed by atoms with Gasteiger partial charge in [-0.2, -0.15) is 0 Å². The van der Waals surface area contributed by atoms with Crippen molar-refractivity contribution in [1.29, 1.82) is 0 Å². The van der Waals surface area contributed by atoms with Gasteiger partial charge >= 0.3 is 0 Å². The molecule has 0 fully saturated rings. The highest BCUT2D eigenvalue weighted by Crippen LogP contribution is 2.26. The van der Waals surface area contributed by atoms with Crippen LogP contribution in [-0.2, 0) is 6.42 Å². The highest BCUT2D eigenvalue weighted by molar-refractivity contribution is 5.85. The van der Waals surface area contributed by atoms with Crippen LogP contribution in [0.25, 0.3) is 10.8 Å². The normalized spacial score (nSPS) is 12.5. The third kappa shape index (κ3) is 3.11. The van der Waals surface area contributed by atoms with Crippen molar-refractivity contribution in [2.45, 2.75) is 25.9 Å². The zero-order chi connectivity index (χ0) is 14.7. The van der Waals surface area contributed by atoms with Crippen LogP contribution in [0, 0.1) is 6.92 Å². The lowest BCUT2D eigenvalue weighted by Gasteiger charge is -2.13. The molecule has 1 atom stereocenters. The van der Waals surface area contributed by atoms with Gasteiger partial charge in [0.15, 0.2) is 0 Å². The Morgan fingerprint density at radius 1 is 1.10 bits per heavy atom. The Balaban J connectivity index is 1.79. The first-order valence-corrected chi connectivity index (χ1v) is 7.30. The lowest BCUT2D eigenvalue weighted by molar-refractivity contribution is 0.169. The minimum absolute atomic E-state index is 0.460. The van der Waals surface area contributed by atoms with Gasteiger partial charge in [0, 0.05) is 17.8 Å². The first kappa shape index (κ1) is 13.8. The lowest BCUT2D eigenvalue weighted by Crippen LogP contribution is -2.01. The van der Waals surface area contributed by atoms with Crippen molar-refractivity contribution in [3.63, 3.8) is 0 Å². The maximum absolute atomic E-state index is 10.5. The topological polar surface area (TPSA) is 33.1 Å². The van der Waals surface area contributed by atoms with Crippen LogP contribution in [0.15, 0.2) is 60.9 Å². The molecule has 0 aliphatic heterocycles. The van der Waals surface area contributed by atoms with Crippen molar-refractivity contribution >= 4 is 10.8 Å². The number of aliphatic hydroxyl groups is 1. The monoisotopic (exact) mass is 277 g/mol. The van der Waals surface area contributed by atoms with Crippen LogP contribution >= 0.6 is 0 Å². The first-order chi connectivity index (χ1) is 10.2. The Morgan fingerprint density at radius 3 is 2.81 bits per heavy atom. The van der Waals surface area contributed by atoms with E-state index >= 15 is 0 Å². The molecule has 1 N–H and O–H groups in total. The molecule has 0 bridgehead atoms. The molecule has 1 unspecified atom stereocenters. The van der Waals surface area contributed by atoms with Gasteiger partial charge in [-0.25, -0.2) is 0 Å². The second-order valence-corrected chi connectivity index (χ2v) is 5.49. The number of rotatable bonds is 4. The average molecular weight is 277 g/mol. The molecule has 3 aromatic rings. The minimum Gasteiger partial charge on any atom is -0.388 e. The highest BCUT2D eigenvalue weighted by atomic mass is 16.3. The molecule has 3 rings (SSSR count). The van der Waals surface area contributed by atoms with Crippen LogP contribution < -0.4 is 0 Å². The summed E-state index contributed by atoms with van der Waals surface area (Å²) in [5.74, 6) is 0. The van der Waals surface area contributed by atoms with Crippen LogP contribution in [0.3, 0.4) is 0 Å². The van der Waals surface area contributed by atoms with Crippen LogP contribution in [0.4, 0.5) is 0 Å². The van der Waals surface area contributed by atoms with Crippen LogP contribution in [0.1, 0.15) is 29.2 Å². The quantitative estimate of drug-likeness (QED) is 0.775. The molecular formula is C19H19NO. The van der Waals surface area contributed by atoms with E-state index in [2.05, 4.69) is 36.2 Å². The SMILES string of the molecule is Cc1cccc(CCC(O)c2cccc3ccncc23)c1. The summed E-state index contributed by atoms with van der Waals surface area (Å²) >= 11 is 0. The molecule has 21 heavy (non-hydrogen) atoms. The Hall–Kier alpha value is -2.19. The third-order valence-electron chi connectivity index (χ3n) is 3.87. The zero-order valence-electron chi connectivity index (χ0n) is 12.2. The van der Waals surface area contributed by atoms with Gasteiger partial charge in [-0.05, 0) is 42.3 Å². The summed E-state index contributed by atoms with van der Waals surface area (Å²) in [5.41, 5.74) is 3.50. The summed E-state index contributed by atoms with van der Waals surface area (Å²) in [6.07, 6.45) is 4.75. The molecule has 2 heteroatoms. The maximum Gasteiger partial charge on any atom is 0.0799 e. The lowest BCUT2D eigenvalue weighted by atomic mass is 9.97. The van der Waals surface area contributed by atoms with Gasteiger partial charge in [-0.1, -0.05) is 48.0 Å². The summed E-state index contributed by atoms with van der Waals surface area (Å²) in [7, 11) is 0. The minimum atomic E-state index is -0.460. The zero-order valence-corrected chi connectivity index (χ0v) is 12.2. The second kappa shape index (κ2) is 6.06. The fourth-order valence-corrected chi connectivity index (χ4v) is 2.75. The van der Waals surface area contributed by atoms with E-state index in [4.69, 9.17) is 0 Å². The van der Waals surface area contributed by atoms with Crippen molar-refractivity contribution in [1.82, 2.24) is 4.98 Å². The Bertz CT molecular complexity index is 746. The molecule has 0 spiro atoms. The Morgan fingerprint density at radius 2 is 1.95 bits per heavy atom. The van der Waals surface area contributed by atoms with Gasteiger partial charge in [0.25, 0.3) is 0 Å². The van der Waals surface area contributed by atoms with Crippen molar-refractivity contribution in [3.8, 4) is 0 Å². The average Bonchev–Trinajstić information content (AvgIpc) is 2.52. The molecule has 1 aromatic heterocycles. The highest BCUT2D eigenvalue weighted by Gasteiger charge is 2.11. The van der Waals surface area contributed by atoms with Crippen LogP contribution in [0.5, 0.6) is 0 Å². The van der Waals surface area contributed by atoms with E-state index in [9.17, 15) is 5.11 Å². The number of aliphatic hydroxyl groups excluding tert-OH is 1. The molecule has 0 amide bonds. The van der Waals surface area contributed by atoms with Gasteiger partial charge in [-0.3, -0.25) is 4.98 Å². The number of fused-ring (bicyclic) bond motifs is 1. The second-order valence-electron chi connectivity index (χ2n) is 5.49. The Labute approximate surface area is 125 Å². The van der Waals surface area contributed by atoms with Gasteiger partial charge in [-0.15, -0.1) is 0 Å². The van der Waals surface area contributed by atoms with E-state index in [0.29, 0.717) is 0 Å². The summed E-state index contributed by atoms with van der Waals surface area (Å²) in [6.45, 7) is 2.09. The molecule has 1 heterocycles. The fraction of sp³-hybridized carbons (Fsp3) is 0.211. The number of aromatic nitrogens is 1. The van der Waals surface area contributed by atoms with Gasteiger partial charge in [0.05, 0.1) is 6.10 Å². The van der Waals surface area contributed by atoms with E-state index in [-0.39, 0.29) is 0 Å². The largest absolute Gasteiger partial charge is 0.388 e. The summed E-state index contributed by atoms with van der Waals surface area (Å²) < 4.78 is 0. The smallest absolute Gasteiger partial charge is 0.0799 e. The molecule has 0 radical (unpaired) electrons. The Kier molecular flexibility index (Phi) is 3.98. The van der Waals surface area contributed by atoms with Crippen LogP contribution in [0.2, 0.25) is 0 Å². The van der Waals surface area contributed by atoms with Crippen molar-refractivity contribution in [3.05, 3.63) is 77.6 Å². The number of hydrogen-bond donors (Lipinski definition) is 1. The van der Waals surface area contributed by atoms with Crippen LogP contribution in [-0.4, -0.2) is 10.1 Å². The van der Waals surface area contributed by atoms with Crippen molar-refractivity contribution in [2.24, 2.45) is 0 Å². The predicted octanol–water partition coefficient (Wildman–Crippen LogP) is 4.21. The number of pyridine rings is 1. The number of hydrogen-bond acceptors (Lipinski definition) is 2. The van der Waals surface area contributed by atoms with Gasteiger partial charge in [0.2, 0.25) is 0 Å². The summed E-state index contributed by atoms with van der Waals surface area (Å²) in [6, 6.07) is 16.5. The van der Waals surface area contributed by atoms with Gasteiger partial charge < -0.3 is 5.11 Å². The standard InChI is InChI=1S/C19H19NO/c1-14-4-2-5-15(12-14)8-9-19(21)17-7-3-6-16-10-11-20-13-18(16)17/h2-7,10-13,19,21H,8-9H2,1H3. The molecular weight excluding hydrogens is 258 g/mol. The molecule has 0 saturated heterocycles. The molecule has 2 aromatic carbocycles. The predicted molar refractivity (Wildman–Crippen MR) is 86.2 cm³/mol. The molecule has 106 valence electrons. The summed E-state index contributed by atoms with van der Waals surface area (Å²) in [4.78, 5) is 4.17. The number of benzene rings is 2. The van der Waals surface area contributed by atoms with E-state index in [1.54, 1.807) is 6.20 Å². The van der Waals surface area contributed by atoms with Crippen molar-refractivity contribution in [2.75, 3.05) is 0 Å². The molecule has 2 nitrogen and oxygen atoms in total. The van der Waals surface area contributed by atoms with E-state index in [0.717, 1.165) is 29.2 Å². The first-order valence-electron chi connectivity index (χ1n) is 7.30. The fourth-order valence-electron chi connectivity index (χ4n) is 2.75. The van der Waals surface area contributed by atoms with E-state index in [1.165, 1.54) is 11.1 Å². The molecule has 0 aliphatic carbocycles. The van der Waals surface area contributed by atoms with Gasteiger partial charge in [0.1, 0.15) is 0 Å². The number of aryl methyl sites for hydroxylation is 2. The van der Waals surface area contributed by atoms with E-state index < -0.39 is 6.10 Å². The summed E-state index contributed by atoms with van der Waals surface area (Å²) in [5, 5.41) is 12.7. The third-order valence-corrected chi connectivity index (χ3v) is 3.87. The molecule has 0 aliphatic rings.